The Balaban J connectivity index is 1.41. The molecule has 0 fully saturated rings. The lowest BCUT2D eigenvalue weighted by molar-refractivity contribution is -0.116. The number of hydrogen-bond acceptors (Lipinski definition) is 14. The first-order valence-corrected chi connectivity index (χ1v) is 25.9. The molecule has 8 aromatic rings. The maximum atomic E-state index is 15.6. The summed E-state index contributed by atoms with van der Waals surface area (Å²) in [4.78, 5) is 58.3. The predicted molar refractivity (Wildman–Crippen MR) is 287 cm³/mol. The third-order valence-corrected chi connectivity index (χ3v) is 18.1. The molecule has 8 rings (SSSR count). The van der Waals surface area contributed by atoms with Gasteiger partial charge < -0.3 is 46.7 Å². The topological polar surface area (TPSA) is 164 Å². The van der Waals surface area contributed by atoms with Crippen LogP contribution < -0.4 is 49.2 Å². The molecular weight excluding hydrogens is 973 g/mol. The molecule has 1 heterocycles. The van der Waals surface area contributed by atoms with Gasteiger partial charge in [-0.05, 0) is 50.1 Å². The van der Waals surface area contributed by atoms with Crippen LogP contribution in [-0.2, 0) is 27.2 Å². The number of benzene rings is 7. The van der Waals surface area contributed by atoms with Crippen LogP contribution >= 0.6 is 0 Å². The number of rotatable bonds is 21. The predicted octanol–water partition coefficient (Wildman–Crippen LogP) is 10.4. The van der Waals surface area contributed by atoms with Crippen LogP contribution in [0.5, 0.6) is 40.2 Å². The van der Waals surface area contributed by atoms with Crippen LogP contribution in [0.4, 0.5) is 0 Å². The lowest BCUT2D eigenvalue weighted by Crippen LogP contribution is -2.67. The Morgan fingerprint density at radius 2 is 1.07 bits per heavy atom. The van der Waals surface area contributed by atoms with Gasteiger partial charge in [0.25, 0.3) is 8.32 Å². The molecule has 1 aromatic heterocycles. The summed E-state index contributed by atoms with van der Waals surface area (Å²) in [6.07, 6.45) is -1.92. The molecule has 0 aliphatic heterocycles. The van der Waals surface area contributed by atoms with Gasteiger partial charge in [0.1, 0.15) is 24.3 Å². The molecule has 0 radical (unpaired) electrons. The number of carbonyl (C=O) groups excluding carboxylic acids is 3. The quantitative estimate of drug-likeness (QED) is 0.0289. The van der Waals surface area contributed by atoms with E-state index >= 15 is 9.59 Å². The first-order valence-electron chi connectivity index (χ1n) is 24.0. The van der Waals surface area contributed by atoms with Crippen LogP contribution in [0.1, 0.15) is 70.9 Å². The molecule has 0 N–H and O–H groups in total. The highest BCUT2D eigenvalue weighted by Crippen LogP contribution is 2.52. The summed E-state index contributed by atoms with van der Waals surface area (Å²) in [6.45, 7) is 6.22. The summed E-state index contributed by atoms with van der Waals surface area (Å²) in [5, 5.41) is 1.95. The minimum atomic E-state index is -3.67. The highest BCUT2D eigenvalue weighted by molar-refractivity contribution is 6.99. The number of ether oxygens (including phenoxy) is 8. The molecule has 14 nitrogen and oxygen atoms in total. The number of fused-ring (bicyclic) bond motifs is 2. The Morgan fingerprint density at radius 3 is 1.56 bits per heavy atom. The Bertz CT molecular complexity index is 3370. The highest BCUT2D eigenvalue weighted by Gasteiger charge is 2.52. The molecule has 0 saturated carbocycles. The third-order valence-electron chi connectivity index (χ3n) is 13.0. The number of methoxy groups -OCH3 is 6. The van der Waals surface area contributed by atoms with E-state index in [-0.39, 0.29) is 69.6 Å². The molecule has 15 heteroatoms. The minimum absolute atomic E-state index is 0.0132. The van der Waals surface area contributed by atoms with Crippen molar-refractivity contribution < 1.29 is 61.1 Å². The van der Waals surface area contributed by atoms with Gasteiger partial charge in [-0.15, -0.1) is 0 Å². The van der Waals surface area contributed by atoms with E-state index < -0.39 is 49.0 Å². The molecule has 75 heavy (non-hydrogen) atoms. The molecule has 1 atom stereocenters. The summed E-state index contributed by atoms with van der Waals surface area (Å²) in [6, 6.07) is 44.4. The zero-order valence-corrected chi connectivity index (χ0v) is 44.3. The fourth-order valence-electron chi connectivity index (χ4n) is 9.58. The van der Waals surface area contributed by atoms with Crippen LogP contribution in [0.25, 0.3) is 21.5 Å². The van der Waals surface area contributed by atoms with Crippen molar-refractivity contribution in [3.8, 4) is 40.2 Å². The van der Waals surface area contributed by atoms with Gasteiger partial charge in [0, 0.05) is 23.4 Å². The van der Waals surface area contributed by atoms with Gasteiger partial charge in [-0.1, -0.05) is 142 Å². The van der Waals surface area contributed by atoms with E-state index in [4.69, 9.17) is 46.7 Å². The second-order valence-electron chi connectivity index (χ2n) is 18.5. The number of hydrogen-bond donors (Lipinski definition) is 0. The molecular formula is C60H58O14Si. The van der Waals surface area contributed by atoms with Gasteiger partial charge in [-0.25, -0.2) is 9.59 Å². The lowest BCUT2D eigenvalue weighted by Gasteiger charge is -2.45. The van der Waals surface area contributed by atoms with E-state index in [0.29, 0.717) is 22.3 Å². The van der Waals surface area contributed by atoms with Crippen molar-refractivity contribution in [2.75, 3.05) is 42.7 Å². The molecule has 386 valence electrons. The van der Waals surface area contributed by atoms with Crippen LogP contribution in [-0.4, -0.2) is 68.5 Å². The van der Waals surface area contributed by atoms with E-state index in [1.165, 1.54) is 54.8 Å². The van der Waals surface area contributed by atoms with Crippen molar-refractivity contribution in [3.63, 3.8) is 0 Å². The SMILES string of the molecule is COC(=O)c1cc2cc(C(CC(=O)C(=O)c3cc4c(OC)cc(OC)c(OC)c4c(OC)c3OCc3ccccc3)O[Si](c3ccccc3)(c3ccccc3)C(C)(C)C)c(OCc3ccccc3)c(OC)c2c(=O)o1. The molecule has 0 aliphatic carbocycles. The first kappa shape index (κ1) is 52.9. The van der Waals surface area contributed by atoms with Gasteiger partial charge in [0.2, 0.25) is 17.3 Å². The van der Waals surface area contributed by atoms with Crippen molar-refractivity contribution in [2.45, 2.75) is 51.5 Å². The van der Waals surface area contributed by atoms with Crippen LogP contribution in [0.15, 0.2) is 155 Å². The average molecular weight is 1030 g/mol. The second kappa shape index (κ2) is 22.8. The summed E-state index contributed by atoms with van der Waals surface area (Å²) in [5.74, 6) is -2.18. The van der Waals surface area contributed by atoms with Gasteiger partial charge in [-0.2, -0.15) is 0 Å². The minimum Gasteiger partial charge on any atom is -0.496 e. The Kier molecular flexibility index (Phi) is 16.1. The lowest BCUT2D eigenvalue weighted by atomic mass is 9.94. The number of ketones is 2. The Morgan fingerprint density at radius 1 is 0.560 bits per heavy atom. The van der Waals surface area contributed by atoms with Crippen LogP contribution in [0, 0.1) is 0 Å². The molecule has 1 unspecified atom stereocenters. The third kappa shape index (κ3) is 10.4. The average Bonchev–Trinajstić information content (AvgIpc) is 3.44. The van der Waals surface area contributed by atoms with E-state index in [0.717, 1.165) is 21.5 Å². The van der Waals surface area contributed by atoms with Crippen LogP contribution in [0.3, 0.4) is 0 Å². The molecule has 0 amide bonds. The Hall–Kier alpha value is -8.40. The van der Waals surface area contributed by atoms with Gasteiger partial charge in [0.05, 0.1) is 59.7 Å². The number of Topliss-reactive ketones (excluding diaryl/α,β-unsaturated/α-hetero) is 2. The van der Waals surface area contributed by atoms with Gasteiger partial charge >= 0.3 is 11.6 Å². The number of esters is 1. The van der Waals surface area contributed by atoms with Crippen molar-refractivity contribution in [1.29, 1.82) is 0 Å². The maximum absolute atomic E-state index is 15.6. The van der Waals surface area contributed by atoms with E-state index in [9.17, 15) is 9.59 Å². The number of carbonyl (C=O) groups is 3. The van der Waals surface area contributed by atoms with Crippen molar-refractivity contribution in [3.05, 3.63) is 184 Å². The normalized spacial score (nSPS) is 11.9. The van der Waals surface area contributed by atoms with E-state index in [2.05, 4.69) is 20.8 Å². The molecule has 0 spiro atoms. The van der Waals surface area contributed by atoms with Crippen molar-refractivity contribution in [1.82, 2.24) is 0 Å². The summed E-state index contributed by atoms with van der Waals surface area (Å²) < 4.78 is 61.3. The maximum Gasteiger partial charge on any atom is 0.374 e. The van der Waals surface area contributed by atoms with Crippen molar-refractivity contribution in [2.24, 2.45) is 0 Å². The Labute approximate surface area is 435 Å². The molecule has 7 aromatic carbocycles. The molecule has 0 saturated heterocycles. The van der Waals surface area contributed by atoms with E-state index in [1.54, 1.807) is 12.1 Å². The largest absolute Gasteiger partial charge is 0.496 e. The fraction of sp³-hybridized carbons (Fsp3) is 0.233. The first-order chi connectivity index (χ1) is 36.2. The highest BCUT2D eigenvalue weighted by atomic mass is 28.4. The van der Waals surface area contributed by atoms with E-state index in [1.807, 2.05) is 121 Å². The smallest absolute Gasteiger partial charge is 0.374 e. The van der Waals surface area contributed by atoms with Gasteiger partial charge in [0.15, 0.2) is 34.5 Å². The second-order valence-corrected chi connectivity index (χ2v) is 22.7. The summed E-state index contributed by atoms with van der Waals surface area (Å²) >= 11 is 0. The monoisotopic (exact) mass is 1030 g/mol. The molecule has 0 aliphatic rings. The molecule has 0 bridgehead atoms. The van der Waals surface area contributed by atoms with Crippen molar-refractivity contribution >= 4 is 57.8 Å². The zero-order chi connectivity index (χ0) is 53.4. The fourth-order valence-corrected chi connectivity index (χ4v) is 14.2. The standard InChI is InChI=1S/C60H58O14Si/c1-60(2,3)75(40-26-18-12-19-27-40,41-28-20-13-21-29-41)74-47(43-30-39-31-49(58(63)70-9)73-59(64)50(39)56(68-7)53(43)71-35-37-22-14-10-15-23-37)33-45(61)52(62)44-32-42-46(65-4)34-48(66-5)55(67-6)51(42)57(69-8)54(44)72-36-38-24-16-11-17-25-38/h10-32,34,47H,33,35-36H2,1-9H3. The summed E-state index contributed by atoms with van der Waals surface area (Å²) in [7, 11) is 4.73. The van der Waals surface area contributed by atoms with Crippen LogP contribution in [0.2, 0.25) is 5.04 Å². The zero-order valence-electron chi connectivity index (χ0n) is 43.3. The van der Waals surface area contributed by atoms with Gasteiger partial charge in [-0.3, -0.25) is 9.59 Å². The summed E-state index contributed by atoms with van der Waals surface area (Å²) in [5.41, 5.74) is 0.742.